The fourth-order valence-electron chi connectivity index (χ4n) is 1.44. The Morgan fingerprint density at radius 2 is 2.12 bits per heavy atom. The molecule has 1 aromatic carbocycles. The Bertz CT molecular complexity index is 517. The van der Waals surface area contributed by atoms with E-state index in [1.54, 1.807) is 42.2 Å². The highest BCUT2D eigenvalue weighted by atomic mass is 16.3. The predicted octanol–water partition coefficient (Wildman–Crippen LogP) is 1.06. The highest BCUT2D eigenvalue weighted by Gasteiger charge is 2.06. The van der Waals surface area contributed by atoms with Crippen LogP contribution in [0.25, 0.3) is 0 Å². The third-order valence-electron chi connectivity index (χ3n) is 2.36. The molecule has 0 fully saturated rings. The Kier molecular flexibility index (Phi) is 3.09. The number of aromatic hydroxyl groups is 1. The van der Waals surface area contributed by atoms with E-state index < -0.39 is 0 Å². The highest BCUT2D eigenvalue weighted by molar-refractivity contribution is 5.93. The minimum atomic E-state index is -0.161. The first-order valence-corrected chi connectivity index (χ1v) is 5.20. The summed E-state index contributed by atoms with van der Waals surface area (Å²) in [7, 11) is 1.76. The van der Waals surface area contributed by atoms with Crippen molar-refractivity contribution < 1.29 is 9.90 Å². The smallest absolute Gasteiger partial charge is 0.254 e. The summed E-state index contributed by atoms with van der Waals surface area (Å²) in [6.45, 7) is 0.425. The van der Waals surface area contributed by atoms with Gasteiger partial charge in [0.1, 0.15) is 5.75 Å². The number of aromatic nitrogens is 2. The number of hydrogen-bond acceptors (Lipinski definition) is 3. The topological polar surface area (TPSA) is 67.2 Å². The minimum absolute atomic E-state index is 0.161. The molecule has 88 valence electrons. The van der Waals surface area contributed by atoms with Crippen LogP contribution in [0.3, 0.4) is 0 Å². The van der Waals surface area contributed by atoms with Gasteiger partial charge in [0, 0.05) is 19.8 Å². The zero-order valence-corrected chi connectivity index (χ0v) is 9.42. The SMILES string of the molecule is Cn1cc(C(=O)NCc2ccc(O)cc2)cn1. The van der Waals surface area contributed by atoms with Gasteiger partial charge >= 0.3 is 0 Å². The average molecular weight is 231 g/mol. The molecule has 0 unspecified atom stereocenters. The van der Waals surface area contributed by atoms with Gasteiger partial charge in [0.25, 0.3) is 5.91 Å². The second kappa shape index (κ2) is 4.69. The van der Waals surface area contributed by atoms with Gasteiger partial charge in [-0.2, -0.15) is 5.10 Å². The maximum atomic E-state index is 11.7. The Morgan fingerprint density at radius 3 is 2.71 bits per heavy atom. The Balaban J connectivity index is 1.94. The van der Waals surface area contributed by atoms with Crippen molar-refractivity contribution in [3.63, 3.8) is 0 Å². The molecule has 0 aliphatic carbocycles. The molecule has 5 heteroatoms. The maximum absolute atomic E-state index is 11.7. The van der Waals surface area contributed by atoms with Crippen LogP contribution in [0.4, 0.5) is 0 Å². The molecule has 2 rings (SSSR count). The number of amides is 1. The van der Waals surface area contributed by atoms with Crippen LogP contribution in [0.5, 0.6) is 5.75 Å². The molecular formula is C12H13N3O2. The van der Waals surface area contributed by atoms with Crippen molar-refractivity contribution in [1.82, 2.24) is 15.1 Å². The summed E-state index contributed by atoms with van der Waals surface area (Å²) >= 11 is 0. The second-order valence-corrected chi connectivity index (χ2v) is 3.75. The molecule has 0 radical (unpaired) electrons. The molecule has 17 heavy (non-hydrogen) atoms. The van der Waals surface area contributed by atoms with Crippen molar-refractivity contribution in [2.24, 2.45) is 7.05 Å². The molecule has 1 aromatic heterocycles. The molecule has 0 spiro atoms. The lowest BCUT2D eigenvalue weighted by atomic mass is 10.2. The molecule has 2 N–H and O–H groups in total. The molecular weight excluding hydrogens is 218 g/mol. The van der Waals surface area contributed by atoms with Gasteiger partial charge in [0.2, 0.25) is 0 Å². The lowest BCUT2D eigenvalue weighted by Crippen LogP contribution is -2.22. The van der Waals surface area contributed by atoms with Crippen molar-refractivity contribution in [3.8, 4) is 5.75 Å². The third-order valence-corrected chi connectivity index (χ3v) is 2.36. The number of carbonyl (C=O) groups excluding carboxylic acids is 1. The Morgan fingerprint density at radius 1 is 1.41 bits per heavy atom. The van der Waals surface area contributed by atoms with E-state index >= 15 is 0 Å². The van der Waals surface area contributed by atoms with Crippen LogP contribution in [-0.4, -0.2) is 20.8 Å². The minimum Gasteiger partial charge on any atom is -0.508 e. The van der Waals surface area contributed by atoms with Gasteiger partial charge in [-0.3, -0.25) is 9.48 Å². The molecule has 0 aliphatic heterocycles. The number of nitrogens with one attached hydrogen (secondary N) is 1. The zero-order chi connectivity index (χ0) is 12.3. The van der Waals surface area contributed by atoms with Crippen LogP contribution in [-0.2, 0) is 13.6 Å². The van der Waals surface area contributed by atoms with Crippen molar-refractivity contribution in [1.29, 1.82) is 0 Å². The molecule has 1 heterocycles. The molecule has 0 saturated carbocycles. The molecule has 1 amide bonds. The number of carbonyl (C=O) groups is 1. The number of phenols is 1. The van der Waals surface area contributed by atoms with E-state index in [0.29, 0.717) is 12.1 Å². The highest BCUT2D eigenvalue weighted by Crippen LogP contribution is 2.09. The maximum Gasteiger partial charge on any atom is 0.254 e. The van der Waals surface area contributed by atoms with E-state index in [1.165, 1.54) is 6.20 Å². The fourth-order valence-corrected chi connectivity index (χ4v) is 1.44. The van der Waals surface area contributed by atoms with Crippen LogP contribution in [0.2, 0.25) is 0 Å². The van der Waals surface area contributed by atoms with E-state index in [4.69, 9.17) is 5.11 Å². The van der Waals surface area contributed by atoms with E-state index in [0.717, 1.165) is 5.56 Å². The normalized spacial score (nSPS) is 10.2. The molecule has 0 saturated heterocycles. The monoisotopic (exact) mass is 231 g/mol. The van der Waals surface area contributed by atoms with E-state index in [2.05, 4.69) is 10.4 Å². The van der Waals surface area contributed by atoms with Crippen molar-refractivity contribution in [3.05, 3.63) is 47.8 Å². The van der Waals surface area contributed by atoms with Crippen LogP contribution < -0.4 is 5.32 Å². The third kappa shape index (κ3) is 2.84. The number of aryl methyl sites for hydroxylation is 1. The van der Waals surface area contributed by atoms with Crippen molar-refractivity contribution >= 4 is 5.91 Å². The quantitative estimate of drug-likeness (QED) is 0.829. The average Bonchev–Trinajstić information content (AvgIpc) is 2.75. The fraction of sp³-hybridized carbons (Fsp3) is 0.167. The molecule has 5 nitrogen and oxygen atoms in total. The van der Waals surface area contributed by atoms with Gasteiger partial charge in [-0.05, 0) is 17.7 Å². The van der Waals surface area contributed by atoms with Crippen LogP contribution in [0.1, 0.15) is 15.9 Å². The van der Waals surface area contributed by atoms with Crippen LogP contribution in [0.15, 0.2) is 36.7 Å². The molecule has 0 aliphatic rings. The number of rotatable bonds is 3. The van der Waals surface area contributed by atoms with Gasteiger partial charge in [-0.1, -0.05) is 12.1 Å². The summed E-state index contributed by atoms with van der Waals surface area (Å²) in [5.74, 6) is 0.0542. The zero-order valence-electron chi connectivity index (χ0n) is 9.42. The number of hydrogen-bond donors (Lipinski definition) is 2. The summed E-state index contributed by atoms with van der Waals surface area (Å²) in [5, 5.41) is 15.8. The molecule has 2 aromatic rings. The first-order chi connectivity index (χ1) is 8.15. The lowest BCUT2D eigenvalue weighted by Gasteiger charge is -2.03. The first-order valence-electron chi connectivity index (χ1n) is 5.20. The van der Waals surface area contributed by atoms with Gasteiger partial charge in [0.05, 0.1) is 11.8 Å². The van der Waals surface area contributed by atoms with E-state index in [9.17, 15) is 4.79 Å². The molecule has 0 atom stereocenters. The predicted molar refractivity (Wildman–Crippen MR) is 62.5 cm³/mol. The van der Waals surface area contributed by atoms with Crippen LogP contribution in [0, 0.1) is 0 Å². The van der Waals surface area contributed by atoms with E-state index in [-0.39, 0.29) is 11.7 Å². The number of phenolic OH excluding ortho intramolecular Hbond substituents is 1. The summed E-state index contributed by atoms with van der Waals surface area (Å²) in [6.07, 6.45) is 3.18. The number of benzene rings is 1. The van der Waals surface area contributed by atoms with Gasteiger partial charge in [-0.25, -0.2) is 0 Å². The van der Waals surface area contributed by atoms with Crippen molar-refractivity contribution in [2.45, 2.75) is 6.54 Å². The van der Waals surface area contributed by atoms with Gasteiger partial charge < -0.3 is 10.4 Å². The van der Waals surface area contributed by atoms with Crippen LogP contribution >= 0.6 is 0 Å². The first kappa shape index (κ1) is 11.2. The van der Waals surface area contributed by atoms with Gasteiger partial charge in [-0.15, -0.1) is 0 Å². The summed E-state index contributed by atoms with van der Waals surface area (Å²) in [4.78, 5) is 11.7. The standard InChI is InChI=1S/C12H13N3O2/c1-15-8-10(7-14-15)12(17)13-6-9-2-4-11(16)5-3-9/h2-5,7-8,16H,6H2,1H3,(H,13,17). The van der Waals surface area contributed by atoms with Crippen molar-refractivity contribution in [2.75, 3.05) is 0 Å². The Hall–Kier alpha value is -2.30. The van der Waals surface area contributed by atoms with Gasteiger partial charge in [0.15, 0.2) is 0 Å². The molecule has 0 bridgehead atoms. The van der Waals surface area contributed by atoms with E-state index in [1.807, 2.05) is 0 Å². The summed E-state index contributed by atoms with van der Waals surface area (Å²) in [6, 6.07) is 6.70. The second-order valence-electron chi connectivity index (χ2n) is 3.75. The Labute approximate surface area is 98.7 Å². The largest absolute Gasteiger partial charge is 0.508 e. The lowest BCUT2D eigenvalue weighted by molar-refractivity contribution is 0.0951. The number of nitrogens with zero attached hydrogens (tertiary/aromatic N) is 2. The summed E-state index contributed by atoms with van der Waals surface area (Å²) < 4.78 is 1.58. The summed E-state index contributed by atoms with van der Waals surface area (Å²) in [5.41, 5.74) is 1.46.